The quantitative estimate of drug-likeness (QED) is 0.449. The van der Waals surface area contributed by atoms with E-state index in [0.29, 0.717) is 18.4 Å². The summed E-state index contributed by atoms with van der Waals surface area (Å²) >= 11 is 0. The van der Waals surface area contributed by atoms with Crippen molar-refractivity contribution in [2.45, 2.75) is 13.8 Å². The molecule has 0 amide bonds. The maximum absolute atomic E-state index is 10.9. The highest BCUT2D eigenvalue weighted by Gasteiger charge is 2.68. The molecular weight excluding hydrogens is 116 g/mol. The minimum Gasteiger partial charge on any atom is -0.465 e. The van der Waals surface area contributed by atoms with E-state index >= 15 is 0 Å². The first-order chi connectivity index (χ1) is 4.17. The van der Waals surface area contributed by atoms with E-state index in [0.717, 1.165) is 0 Å². The zero-order valence-electron chi connectivity index (χ0n) is 5.68. The molecule has 0 aromatic carbocycles. The van der Waals surface area contributed by atoms with Crippen LogP contribution in [0.2, 0.25) is 0 Å². The molecule has 50 valence electrons. The Morgan fingerprint density at radius 2 is 2.44 bits per heavy atom. The van der Waals surface area contributed by atoms with Gasteiger partial charge in [0.25, 0.3) is 0 Å². The molecule has 2 aliphatic rings. The van der Waals surface area contributed by atoms with E-state index in [1.54, 1.807) is 0 Å². The Labute approximate surface area is 54.2 Å². The highest BCUT2D eigenvalue weighted by molar-refractivity contribution is 5.83. The van der Waals surface area contributed by atoms with Crippen LogP contribution < -0.4 is 0 Å². The third-order valence-corrected chi connectivity index (χ3v) is 3.04. The number of cyclic esters (lactones) is 1. The van der Waals surface area contributed by atoms with E-state index in [-0.39, 0.29) is 11.4 Å². The van der Waals surface area contributed by atoms with Gasteiger partial charge in [-0.25, -0.2) is 0 Å². The Hall–Kier alpha value is -0.530. The van der Waals surface area contributed by atoms with Crippen LogP contribution in [0.15, 0.2) is 0 Å². The Bertz CT molecular complexity index is 176. The predicted octanol–water partition coefficient (Wildman–Crippen LogP) is 0.815. The lowest BCUT2D eigenvalue weighted by Crippen LogP contribution is -2.12. The van der Waals surface area contributed by atoms with Crippen LogP contribution in [0.25, 0.3) is 0 Å². The summed E-state index contributed by atoms with van der Waals surface area (Å²) in [5.74, 6) is 1.11. The van der Waals surface area contributed by atoms with Crippen LogP contribution in [0.4, 0.5) is 0 Å². The molecule has 3 atom stereocenters. The minimum absolute atomic E-state index is 0.0139. The third-order valence-electron chi connectivity index (χ3n) is 3.04. The summed E-state index contributed by atoms with van der Waals surface area (Å²) in [6, 6.07) is 0. The zero-order valence-corrected chi connectivity index (χ0v) is 5.68. The van der Waals surface area contributed by atoms with Crippen LogP contribution >= 0.6 is 0 Å². The van der Waals surface area contributed by atoms with Crippen molar-refractivity contribution >= 4 is 5.97 Å². The number of rotatable bonds is 0. The van der Waals surface area contributed by atoms with Gasteiger partial charge in [0.15, 0.2) is 0 Å². The van der Waals surface area contributed by atoms with E-state index in [9.17, 15) is 4.79 Å². The van der Waals surface area contributed by atoms with Crippen LogP contribution in [-0.2, 0) is 9.53 Å². The van der Waals surface area contributed by atoms with Crippen molar-refractivity contribution in [1.29, 1.82) is 0 Å². The normalized spacial score (nSPS) is 54.7. The number of hydrogen-bond acceptors (Lipinski definition) is 2. The monoisotopic (exact) mass is 126 g/mol. The van der Waals surface area contributed by atoms with Crippen LogP contribution in [0, 0.1) is 17.3 Å². The highest BCUT2D eigenvalue weighted by Crippen LogP contribution is 2.62. The number of ether oxygens (including phenoxy) is 1. The van der Waals surface area contributed by atoms with Crippen LogP contribution in [0.1, 0.15) is 13.8 Å². The van der Waals surface area contributed by atoms with Crippen LogP contribution in [0.5, 0.6) is 0 Å². The number of carbonyl (C=O) groups excluding carboxylic acids is 1. The molecule has 2 rings (SSSR count). The lowest BCUT2D eigenvalue weighted by Gasteiger charge is -2.01. The number of hydrogen-bond donors (Lipinski definition) is 0. The molecule has 0 aromatic rings. The molecule has 1 saturated carbocycles. The summed E-state index contributed by atoms with van der Waals surface area (Å²) in [5.41, 5.74) is -0.0833. The summed E-state index contributed by atoms with van der Waals surface area (Å²) < 4.78 is 4.85. The van der Waals surface area contributed by atoms with Gasteiger partial charge in [0, 0.05) is 5.92 Å². The first kappa shape index (κ1) is 5.27. The maximum atomic E-state index is 10.9. The highest BCUT2D eigenvalue weighted by atomic mass is 16.5. The van der Waals surface area contributed by atoms with Gasteiger partial charge in [-0.05, 0) is 12.8 Å². The van der Waals surface area contributed by atoms with Gasteiger partial charge in [0.05, 0.1) is 12.0 Å². The van der Waals surface area contributed by atoms with Gasteiger partial charge in [0.1, 0.15) is 0 Å². The van der Waals surface area contributed by atoms with Gasteiger partial charge in [-0.1, -0.05) is 6.92 Å². The fraction of sp³-hybridized carbons (Fsp3) is 0.857. The van der Waals surface area contributed by atoms with Gasteiger partial charge in [-0.2, -0.15) is 0 Å². The predicted molar refractivity (Wildman–Crippen MR) is 31.7 cm³/mol. The molecule has 2 fully saturated rings. The van der Waals surface area contributed by atoms with Gasteiger partial charge in [-0.3, -0.25) is 4.79 Å². The van der Waals surface area contributed by atoms with Gasteiger partial charge in [0.2, 0.25) is 0 Å². The van der Waals surface area contributed by atoms with Crippen molar-refractivity contribution in [3.63, 3.8) is 0 Å². The van der Waals surface area contributed by atoms with Crippen molar-refractivity contribution in [2.24, 2.45) is 17.3 Å². The van der Waals surface area contributed by atoms with Crippen molar-refractivity contribution in [3.8, 4) is 0 Å². The molecule has 1 aliphatic carbocycles. The molecule has 2 heteroatoms. The summed E-state index contributed by atoms with van der Waals surface area (Å²) in [6.07, 6.45) is 0. The molecule has 0 bridgehead atoms. The molecule has 1 heterocycles. The minimum atomic E-state index is -0.0833. The lowest BCUT2D eigenvalue weighted by molar-refractivity contribution is -0.145. The molecule has 0 spiro atoms. The molecule has 9 heavy (non-hydrogen) atoms. The molecular formula is C7H10O2. The second-order valence-corrected chi connectivity index (χ2v) is 3.28. The second kappa shape index (κ2) is 1.15. The summed E-state index contributed by atoms with van der Waals surface area (Å²) in [5, 5.41) is 0. The van der Waals surface area contributed by atoms with Gasteiger partial charge >= 0.3 is 5.97 Å². The summed E-state index contributed by atoms with van der Waals surface area (Å²) in [6.45, 7) is 4.78. The van der Waals surface area contributed by atoms with Crippen molar-refractivity contribution in [2.75, 3.05) is 6.61 Å². The van der Waals surface area contributed by atoms with E-state index in [4.69, 9.17) is 4.74 Å². The fourth-order valence-corrected chi connectivity index (χ4v) is 1.81. The first-order valence-corrected chi connectivity index (χ1v) is 3.34. The van der Waals surface area contributed by atoms with Crippen LogP contribution in [0.3, 0.4) is 0 Å². The Balaban J connectivity index is 2.31. The molecule has 1 aliphatic heterocycles. The fourth-order valence-electron chi connectivity index (χ4n) is 1.81. The topological polar surface area (TPSA) is 26.3 Å². The van der Waals surface area contributed by atoms with Gasteiger partial charge in [-0.15, -0.1) is 0 Å². The Morgan fingerprint density at radius 1 is 1.78 bits per heavy atom. The standard InChI is InChI=1S/C7H10O2/c1-4-5-3-9-6(8)7(4,5)2/h4-5H,3H2,1-2H3/t4?,5-,7+/m0/s1. The van der Waals surface area contributed by atoms with E-state index in [2.05, 4.69) is 6.92 Å². The number of fused-ring (bicyclic) bond motifs is 1. The molecule has 1 saturated heterocycles. The first-order valence-electron chi connectivity index (χ1n) is 3.34. The molecule has 2 nitrogen and oxygen atoms in total. The number of carbonyl (C=O) groups is 1. The zero-order chi connectivity index (χ0) is 6.65. The summed E-state index contributed by atoms with van der Waals surface area (Å²) in [4.78, 5) is 10.9. The molecule has 0 aromatic heterocycles. The Kier molecular flexibility index (Phi) is 0.675. The lowest BCUT2D eigenvalue weighted by atomic mass is 10.1. The number of esters is 1. The average Bonchev–Trinajstić information content (AvgIpc) is 2.15. The SMILES string of the molecule is CC1[C@@H]2COC(=O)[C@]12C. The van der Waals surface area contributed by atoms with E-state index in [1.807, 2.05) is 6.92 Å². The van der Waals surface area contributed by atoms with Gasteiger partial charge < -0.3 is 4.74 Å². The van der Waals surface area contributed by atoms with Crippen molar-refractivity contribution < 1.29 is 9.53 Å². The third kappa shape index (κ3) is 0.373. The molecule has 0 radical (unpaired) electrons. The van der Waals surface area contributed by atoms with Crippen molar-refractivity contribution in [3.05, 3.63) is 0 Å². The average molecular weight is 126 g/mol. The molecule has 1 unspecified atom stereocenters. The van der Waals surface area contributed by atoms with Crippen molar-refractivity contribution in [1.82, 2.24) is 0 Å². The van der Waals surface area contributed by atoms with E-state index < -0.39 is 0 Å². The largest absolute Gasteiger partial charge is 0.465 e. The van der Waals surface area contributed by atoms with E-state index in [1.165, 1.54) is 0 Å². The second-order valence-electron chi connectivity index (χ2n) is 3.28. The maximum Gasteiger partial charge on any atom is 0.312 e. The molecule has 0 N–H and O–H groups in total. The van der Waals surface area contributed by atoms with Crippen LogP contribution in [-0.4, -0.2) is 12.6 Å². The summed E-state index contributed by atoms with van der Waals surface area (Å²) in [7, 11) is 0. The smallest absolute Gasteiger partial charge is 0.312 e. The Morgan fingerprint density at radius 3 is 2.67 bits per heavy atom.